The first-order chi connectivity index (χ1) is 9.70. The number of hydrazine groups is 1. The fourth-order valence-corrected chi connectivity index (χ4v) is 3.19. The zero-order valence-corrected chi connectivity index (χ0v) is 11.7. The molecule has 0 saturated carbocycles. The van der Waals surface area contributed by atoms with Crippen LogP contribution in [0.3, 0.4) is 0 Å². The van der Waals surface area contributed by atoms with Gasteiger partial charge in [-0.25, -0.2) is 4.39 Å². The molecular formula is C16H16ClFN2. The van der Waals surface area contributed by atoms with E-state index < -0.39 is 5.82 Å². The van der Waals surface area contributed by atoms with Crippen LogP contribution in [0.15, 0.2) is 42.5 Å². The largest absolute Gasteiger partial charge is 0.271 e. The molecule has 0 bridgehead atoms. The lowest BCUT2D eigenvalue weighted by Crippen LogP contribution is -2.32. The highest BCUT2D eigenvalue weighted by Crippen LogP contribution is 2.41. The van der Waals surface area contributed by atoms with E-state index in [4.69, 9.17) is 17.4 Å². The fourth-order valence-electron chi connectivity index (χ4n) is 2.93. The summed E-state index contributed by atoms with van der Waals surface area (Å²) in [5.41, 5.74) is 6.24. The molecule has 0 aromatic heterocycles. The quantitative estimate of drug-likeness (QED) is 0.665. The van der Waals surface area contributed by atoms with Gasteiger partial charge in [0.25, 0.3) is 0 Å². The molecule has 0 saturated heterocycles. The molecule has 1 aliphatic carbocycles. The number of nitrogens with one attached hydrogen (secondary N) is 1. The summed E-state index contributed by atoms with van der Waals surface area (Å²) < 4.78 is 13.5. The Bertz CT molecular complexity index is 630. The van der Waals surface area contributed by atoms with Gasteiger partial charge in [-0.2, -0.15) is 0 Å². The van der Waals surface area contributed by atoms with E-state index in [2.05, 4.69) is 23.6 Å². The topological polar surface area (TPSA) is 38.0 Å². The van der Waals surface area contributed by atoms with E-state index in [1.165, 1.54) is 17.2 Å². The Morgan fingerprint density at radius 3 is 2.80 bits per heavy atom. The third-order valence-corrected chi connectivity index (χ3v) is 4.44. The summed E-state index contributed by atoms with van der Waals surface area (Å²) in [6.45, 7) is 0. The van der Waals surface area contributed by atoms with Crippen molar-refractivity contribution in [3.05, 3.63) is 70.0 Å². The molecule has 20 heavy (non-hydrogen) atoms. The number of nitrogens with two attached hydrogens (primary N) is 1. The molecule has 0 fully saturated rings. The van der Waals surface area contributed by atoms with Crippen LogP contribution in [0.1, 0.15) is 35.1 Å². The van der Waals surface area contributed by atoms with Crippen LogP contribution in [0.4, 0.5) is 4.39 Å². The number of fused-ring (bicyclic) bond motifs is 1. The molecule has 0 amide bonds. The first-order valence-electron chi connectivity index (χ1n) is 6.68. The molecule has 3 N–H and O–H groups in total. The van der Waals surface area contributed by atoms with Crippen LogP contribution in [0, 0.1) is 5.82 Å². The zero-order valence-electron chi connectivity index (χ0n) is 10.9. The van der Waals surface area contributed by atoms with E-state index in [-0.39, 0.29) is 11.1 Å². The van der Waals surface area contributed by atoms with Crippen LogP contribution in [0.25, 0.3) is 0 Å². The smallest absolute Gasteiger partial charge is 0.142 e. The summed E-state index contributed by atoms with van der Waals surface area (Å²) in [7, 11) is 0. The molecule has 104 valence electrons. The van der Waals surface area contributed by atoms with Gasteiger partial charge in [0.15, 0.2) is 0 Å². The van der Waals surface area contributed by atoms with Crippen molar-refractivity contribution in [2.45, 2.75) is 24.8 Å². The second kappa shape index (κ2) is 5.52. The van der Waals surface area contributed by atoms with Gasteiger partial charge in [-0.15, -0.1) is 0 Å². The summed E-state index contributed by atoms with van der Waals surface area (Å²) >= 11 is 6.04. The second-order valence-electron chi connectivity index (χ2n) is 5.20. The molecule has 0 heterocycles. The van der Waals surface area contributed by atoms with Crippen molar-refractivity contribution in [3.63, 3.8) is 0 Å². The van der Waals surface area contributed by atoms with Gasteiger partial charge in [0.05, 0.1) is 5.02 Å². The van der Waals surface area contributed by atoms with Crippen molar-refractivity contribution in [1.29, 1.82) is 0 Å². The first kappa shape index (κ1) is 13.6. The van der Waals surface area contributed by atoms with Crippen molar-refractivity contribution in [1.82, 2.24) is 5.43 Å². The van der Waals surface area contributed by atoms with E-state index in [1.807, 2.05) is 12.1 Å². The molecule has 2 aromatic rings. The number of halogens is 2. The lowest BCUT2D eigenvalue weighted by atomic mass is 9.74. The van der Waals surface area contributed by atoms with Gasteiger partial charge < -0.3 is 0 Å². The molecule has 2 unspecified atom stereocenters. The Hall–Kier alpha value is -1.42. The summed E-state index contributed by atoms with van der Waals surface area (Å²) in [6, 6.07) is 13.1. The van der Waals surface area contributed by atoms with Crippen LogP contribution in [-0.2, 0) is 6.42 Å². The van der Waals surface area contributed by atoms with E-state index in [1.54, 1.807) is 6.07 Å². The van der Waals surface area contributed by atoms with Gasteiger partial charge in [0.2, 0.25) is 0 Å². The van der Waals surface area contributed by atoms with Crippen LogP contribution in [0.2, 0.25) is 5.02 Å². The molecular weight excluding hydrogens is 275 g/mol. The second-order valence-corrected chi connectivity index (χ2v) is 5.58. The molecule has 3 rings (SSSR count). The van der Waals surface area contributed by atoms with E-state index in [9.17, 15) is 4.39 Å². The summed E-state index contributed by atoms with van der Waals surface area (Å²) in [5, 5.41) is 0.156. The molecule has 2 atom stereocenters. The van der Waals surface area contributed by atoms with Gasteiger partial charge in [0.1, 0.15) is 5.82 Å². The maximum absolute atomic E-state index is 13.5. The molecule has 2 aromatic carbocycles. The van der Waals surface area contributed by atoms with Crippen molar-refractivity contribution in [3.8, 4) is 0 Å². The minimum atomic E-state index is -0.404. The Morgan fingerprint density at radius 2 is 2.05 bits per heavy atom. The SMILES string of the molecule is NNC(CC1Cc2ccccc21)c1cccc(F)c1Cl. The van der Waals surface area contributed by atoms with Gasteiger partial charge in [-0.3, -0.25) is 11.3 Å². The number of benzene rings is 2. The van der Waals surface area contributed by atoms with Gasteiger partial charge in [0, 0.05) is 6.04 Å². The summed E-state index contributed by atoms with van der Waals surface area (Å²) in [5.74, 6) is 5.69. The highest BCUT2D eigenvalue weighted by molar-refractivity contribution is 6.31. The van der Waals surface area contributed by atoms with E-state index in [0.29, 0.717) is 5.92 Å². The van der Waals surface area contributed by atoms with Gasteiger partial charge in [-0.1, -0.05) is 48.0 Å². The Kier molecular flexibility index (Phi) is 3.74. The number of rotatable bonds is 4. The molecule has 2 nitrogen and oxygen atoms in total. The molecule has 0 radical (unpaired) electrons. The highest BCUT2D eigenvalue weighted by Gasteiger charge is 2.29. The number of hydrogen-bond acceptors (Lipinski definition) is 2. The van der Waals surface area contributed by atoms with Crippen LogP contribution >= 0.6 is 11.6 Å². The predicted octanol–water partition coefficient (Wildman–Crippen LogP) is 3.71. The highest BCUT2D eigenvalue weighted by atomic mass is 35.5. The molecule has 1 aliphatic rings. The van der Waals surface area contributed by atoms with Crippen LogP contribution in [0.5, 0.6) is 0 Å². The third-order valence-electron chi connectivity index (χ3n) is 4.04. The normalized spacial score (nSPS) is 18.2. The zero-order chi connectivity index (χ0) is 14.1. The van der Waals surface area contributed by atoms with Crippen LogP contribution in [-0.4, -0.2) is 0 Å². The average molecular weight is 291 g/mol. The third kappa shape index (κ3) is 2.33. The molecule has 4 heteroatoms. The van der Waals surface area contributed by atoms with E-state index >= 15 is 0 Å². The van der Waals surface area contributed by atoms with Crippen molar-refractivity contribution in [2.75, 3.05) is 0 Å². The van der Waals surface area contributed by atoms with Crippen molar-refractivity contribution in [2.24, 2.45) is 5.84 Å². The molecule has 0 aliphatic heterocycles. The average Bonchev–Trinajstić information content (AvgIpc) is 2.44. The van der Waals surface area contributed by atoms with E-state index in [0.717, 1.165) is 18.4 Å². The monoisotopic (exact) mass is 290 g/mol. The number of hydrogen-bond donors (Lipinski definition) is 2. The Labute approximate surface area is 122 Å². The lowest BCUT2D eigenvalue weighted by molar-refractivity contribution is 0.434. The maximum Gasteiger partial charge on any atom is 0.142 e. The fraction of sp³-hybridized carbons (Fsp3) is 0.250. The minimum absolute atomic E-state index is 0.142. The first-order valence-corrected chi connectivity index (χ1v) is 7.06. The minimum Gasteiger partial charge on any atom is -0.271 e. The Balaban J connectivity index is 1.81. The van der Waals surface area contributed by atoms with Crippen LogP contribution < -0.4 is 11.3 Å². The van der Waals surface area contributed by atoms with Crippen molar-refractivity contribution < 1.29 is 4.39 Å². The Morgan fingerprint density at radius 1 is 1.25 bits per heavy atom. The molecule has 0 spiro atoms. The van der Waals surface area contributed by atoms with Gasteiger partial charge >= 0.3 is 0 Å². The maximum atomic E-state index is 13.5. The van der Waals surface area contributed by atoms with Gasteiger partial charge in [-0.05, 0) is 41.5 Å². The van der Waals surface area contributed by atoms with Crippen molar-refractivity contribution >= 4 is 11.6 Å². The predicted molar refractivity (Wildman–Crippen MR) is 79.0 cm³/mol. The standard InChI is InChI=1S/C16H16ClFN2/c17-16-13(6-3-7-14(16)18)15(20-19)9-11-8-10-4-1-2-5-12(10)11/h1-7,11,15,20H,8-9,19H2. The summed E-state index contributed by atoms with van der Waals surface area (Å²) in [4.78, 5) is 0. The summed E-state index contributed by atoms with van der Waals surface area (Å²) in [6.07, 6.45) is 1.86. The lowest BCUT2D eigenvalue weighted by Gasteiger charge is -2.33.